The van der Waals surface area contributed by atoms with Crippen LogP contribution in [-0.4, -0.2) is 55.5 Å². The van der Waals surface area contributed by atoms with Gasteiger partial charge >= 0.3 is 0 Å². The van der Waals surface area contributed by atoms with Crippen molar-refractivity contribution in [3.8, 4) is 0 Å². The van der Waals surface area contributed by atoms with Crippen molar-refractivity contribution in [1.82, 2.24) is 9.21 Å². The van der Waals surface area contributed by atoms with E-state index in [4.69, 9.17) is 0 Å². The van der Waals surface area contributed by atoms with Gasteiger partial charge in [0.1, 0.15) is 0 Å². The maximum Gasteiger partial charge on any atom is 0.264 e. The van der Waals surface area contributed by atoms with Gasteiger partial charge in [-0.15, -0.1) is 11.3 Å². The Kier molecular flexibility index (Phi) is 5.50. The highest BCUT2D eigenvalue weighted by Crippen LogP contribution is 2.24. The number of nitrogens with zero attached hydrogens (tertiary/aromatic N) is 2. The van der Waals surface area contributed by atoms with Crippen LogP contribution in [-0.2, 0) is 10.0 Å². The first-order valence-electron chi connectivity index (χ1n) is 8.67. The molecular weight excluding hydrogens is 384 g/mol. The van der Waals surface area contributed by atoms with E-state index in [-0.39, 0.29) is 24.8 Å². The van der Waals surface area contributed by atoms with E-state index >= 15 is 0 Å². The number of hydrogen-bond acceptors (Lipinski definition) is 5. The van der Waals surface area contributed by atoms with Crippen molar-refractivity contribution < 1.29 is 18.0 Å². The summed E-state index contributed by atoms with van der Waals surface area (Å²) in [4.78, 5) is 27.1. The molecule has 27 heavy (non-hydrogen) atoms. The number of Topliss-reactive ketones (excluding diaryl/α,β-unsaturated/α-hetero) is 1. The van der Waals surface area contributed by atoms with Crippen LogP contribution in [0.1, 0.15) is 37.4 Å². The van der Waals surface area contributed by atoms with E-state index in [1.165, 1.54) is 22.6 Å². The normalized spacial score (nSPS) is 15.7. The summed E-state index contributed by atoms with van der Waals surface area (Å²) in [6.45, 7) is 6.29. The second kappa shape index (κ2) is 7.53. The quantitative estimate of drug-likeness (QED) is 0.732. The zero-order valence-electron chi connectivity index (χ0n) is 15.6. The van der Waals surface area contributed by atoms with Crippen LogP contribution < -0.4 is 0 Å². The number of carbonyl (C=O) groups is 2. The summed E-state index contributed by atoms with van der Waals surface area (Å²) in [7, 11) is -3.58. The number of sulfonamides is 1. The molecule has 2 heterocycles. The van der Waals surface area contributed by atoms with E-state index in [2.05, 4.69) is 0 Å². The summed E-state index contributed by atoms with van der Waals surface area (Å²) in [5.74, 6) is -0.222. The SMILES string of the molecule is CC(=O)c1ccc(C(=O)N2CCN(S(=O)(=O)c3cc(C)ccc3C)CC2)s1. The van der Waals surface area contributed by atoms with Gasteiger partial charge in [-0.3, -0.25) is 9.59 Å². The minimum atomic E-state index is -3.58. The maximum atomic E-state index is 13.0. The van der Waals surface area contributed by atoms with Crippen LogP contribution >= 0.6 is 11.3 Å². The molecule has 3 rings (SSSR count). The molecule has 1 saturated heterocycles. The number of benzene rings is 1. The summed E-state index contributed by atoms with van der Waals surface area (Å²) >= 11 is 1.18. The molecule has 0 saturated carbocycles. The number of ketones is 1. The lowest BCUT2D eigenvalue weighted by molar-refractivity contribution is 0.0702. The van der Waals surface area contributed by atoms with Crippen molar-refractivity contribution in [3.63, 3.8) is 0 Å². The van der Waals surface area contributed by atoms with Gasteiger partial charge in [-0.2, -0.15) is 4.31 Å². The molecule has 1 aliphatic rings. The van der Waals surface area contributed by atoms with Gasteiger partial charge in [-0.1, -0.05) is 12.1 Å². The zero-order chi connectivity index (χ0) is 19.8. The third-order valence-electron chi connectivity index (χ3n) is 4.65. The largest absolute Gasteiger partial charge is 0.335 e. The van der Waals surface area contributed by atoms with Crippen LogP contribution in [0.2, 0.25) is 0 Å². The van der Waals surface area contributed by atoms with Crippen LogP contribution in [0.5, 0.6) is 0 Å². The molecule has 1 fully saturated rings. The van der Waals surface area contributed by atoms with Crippen molar-refractivity contribution >= 4 is 33.1 Å². The molecule has 2 aromatic rings. The highest BCUT2D eigenvalue weighted by atomic mass is 32.2. The number of hydrogen-bond donors (Lipinski definition) is 0. The Labute approximate surface area is 163 Å². The third kappa shape index (κ3) is 3.97. The topological polar surface area (TPSA) is 74.8 Å². The monoisotopic (exact) mass is 406 g/mol. The van der Waals surface area contributed by atoms with Gasteiger partial charge in [0.05, 0.1) is 14.6 Å². The summed E-state index contributed by atoms with van der Waals surface area (Å²) in [6, 6.07) is 8.70. The van der Waals surface area contributed by atoms with Gasteiger partial charge in [-0.25, -0.2) is 8.42 Å². The Morgan fingerprint density at radius 1 is 0.963 bits per heavy atom. The first kappa shape index (κ1) is 19.7. The molecule has 0 radical (unpaired) electrons. The molecule has 0 N–H and O–H groups in total. The van der Waals surface area contributed by atoms with Gasteiger partial charge < -0.3 is 4.90 Å². The molecule has 1 aliphatic heterocycles. The first-order valence-corrected chi connectivity index (χ1v) is 10.9. The predicted octanol–water partition coefficient (Wildman–Crippen LogP) is 2.71. The molecule has 1 aromatic heterocycles. The average Bonchev–Trinajstić information content (AvgIpc) is 3.13. The molecule has 0 bridgehead atoms. The van der Waals surface area contributed by atoms with Crippen molar-refractivity contribution in [2.75, 3.05) is 26.2 Å². The number of piperazine rings is 1. The fourth-order valence-electron chi connectivity index (χ4n) is 3.05. The Morgan fingerprint density at radius 2 is 1.59 bits per heavy atom. The van der Waals surface area contributed by atoms with Gasteiger partial charge in [0, 0.05) is 26.2 Å². The molecule has 0 unspecified atom stereocenters. The van der Waals surface area contributed by atoms with Crippen LogP contribution in [0.4, 0.5) is 0 Å². The van der Waals surface area contributed by atoms with Crippen molar-refractivity contribution in [1.29, 1.82) is 0 Å². The number of aryl methyl sites for hydroxylation is 2. The standard InChI is InChI=1S/C19H22N2O4S2/c1-13-4-5-14(2)18(12-13)27(24,25)21-10-8-20(9-11-21)19(23)17-7-6-16(26-17)15(3)22/h4-7,12H,8-11H2,1-3H3. The van der Waals surface area contributed by atoms with E-state index in [0.717, 1.165) is 11.1 Å². The van der Waals surface area contributed by atoms with E-state index in [1.54, 1.807) is 30.0 Å². The smallest absolute Gasteiger partial charge is 0.264 e. The molecule has 1 aromatic carbocycles. The second-order valence-corrected chi connectivity index (χ2v) is 9.68. The summed E-state index contributed by atoms with van der Waals surface area (Å²) < 4.78 is 27.4. The molecule has 0 spiro atoms. The molecule has 8 heteroatoms. The van der Waals surface area contributed by atoms with Crippen molar-refractivity contribution in [2.45, 2.75) is 25.7 Å². The Bertz CT molecular complexity index is 987. The number of rotatable bonds is 4. The van der Waals surface area contributed by atoms with Gasteiger partial charge in [-0.05, 0) is 50.1 Å². The molecule has 0 atom stereocenters. The highest BCUT2D eigenvalue weighted by Gasteiger charge is 2.31. The molecule has 6 nitrogen and oxygen atoms in total. The molecule has 0 aliphatic carbocycles. The van der Waals surface area contributed by atoms with E-state index in [0.29, 0.717) is 27.7 Å². The van der Waals surface area contributed by atoms with Crippen molar-refractivity contribution in [2.24, 2.45) is 0 Å². The van der Waals surface area contributed by atoms with Gasteiger partial charge in [0.2, 0.25) is 10.0 Å². The lowest BCUT2D eigenvalue weighted by Gasteiger charge is -2.34. The van der Waals surface area contributed by atoms with Crippen LogP contribution in [0.15, 0.2) is 35.2 Å². The molecule has 144 valence electrons. The highest BCUT2D eigenvalue weighted by molar-refractivity contribution is 7.89. The minimum absolute atomic E-state index is 0.0662. The fraction of sp³-hybridized carbons (Fsp3) is 0.368. The van der Waals surface area contributed by atoms with E-state index in [9.17, 15) is 18.0 Å². The number of thiophene rings is 1. The van der Waals surface area contributed by atoms with Crippen LogP contribution in [0, 0.1) is 13.8 Å². The Morgan fingerprint density at radius 3 is 2.19 bits per heavy atom. The van der Waals surface area contributed by atoms with Crippen LogP contribution in [0.25, 0.3) is 0 Å². The van der Waals surface area contributed by atoms with Crippen molar-refractivity contribution in [3.05, 3.63) is 51.2 Å². The maximum absolute atomic E-state index is 13.0. The molecular formula is C19H22N2O4S2. The average molecular weight is 407 g/mol. The minimum Gasteiger partial charge on any atom is -0.335 e. The van der Waals surface area contributed by atoms with Crippen LogP contribution in [0.3, 0.4) is 0 Å². The Hall–Kier alpha value is -2.03. The molecule has 1 amide bonds. The summed E-state index contributed by atoms with van der Waals surface area (Å²) in [6.07, 6.45) is 0. The lowest BCUT2D eigenvalue weighted by Crippen LogP contribution is -2.50. The lowest BCUT2D eigenvalue weighted by atomic mass is 10.2. The summed E-state index contributed by atoms with van der Waals surface area (Å²) in [5.41, 5.74) is 1.61. The Balaban J connectivity index is 1.71. The van der Waals surface area contributed by atoms with Gasteiger partial charge in [0.15, 0.2) is 5.78 Å². The number of carbonyl (C=O) groups excluding carboxylic acids is 2. The first-order chi connectivity index (χ1) is 12.7. The summed E-state index contributed by atoms with van der Waals surface area (Å²) in [5, 5.41) is 0. The second-order valence-electron chi connectivity index (χ2n) is 6.69. The van der Waals surface area contributed by atoms with E-state index < -0.39 is 10.0 Å². The third-order valence-corrected chi connectivity index (χ3v) is 7.87. The van der Waals surface area contributed by atoms with E-state index in [1.807, 2.05) is 19.1 Å². The van der Waals surface area contributed by atoms with Gasteiger partial charge in [0.25, 0.3) is 5.91 Å². The number of amides is 1. The fourth-order valence-corrected chi connectivity index (χ4v) is 5.65. The predicted molar refractivity (Wildman–Crippen MR) is 105 cm³/mol. The zero-order valence-corrected chi connectivity index (χ0v) is 17.2.